The van der Waals surface area contributed by atoms with Crippen LogP contribution in [0.5, 0.6) is 0 Å². The Morgan fingerprint density at radius 1 is 1.33 bits per heavy atom. The molecule has 1 fully saturated rings. The maximum atomic E-state index is 9.13. The zero-order chi connectivity index (χ0) is 16.4. The van der Waals surface area contributed by atoms with Crippen LogP contribution in [0.25, 0.3) is 10.2 Å². The molecule has 1 unspecified atom stereocenters. The third-order valence-corrected chi connectivity index (χ3v) is 5.20. The molecule has 3 aromatic heterocycles. The Labute approximate surface area is 143 Å². The van der Waals surface area contributed by atoms with Crippen molar-refractivity contribution in [2.24, 2.45) is 5.92 Å². The number of aromatic nitrogens is 3. The minimum atomic E-state index is 0.503. The van der Waals surface area contributed by atoms with Gasteiger partial charge >= 0.3 is 0 Å². The summed E-state index contributed by atoms with van der Waals surface area (Å²) in [6.07, 6.45) is 4.44. The van der Waals surface area contributed by atoms with Crippen molar-refractivity contribution >= 4 is 33.2 Å². The zero-order valence-electron chi connectivity index (χ0n) is 13.0. The molecule has 3 aromatic rings. The monoisotopic (exact) mass is 336 g/mol. The maximum absolute atomic E-state index is 9.13. The molecule has 0 aromatic carbocycles. The standard InChI is InChI=1S/C17H16N6S/c18-8-13-2-1-5-19-16(13)20-9-12-3-6-23(10-12)17-15-14(4-7-24-15)21-11-22-17/h1-2,4-5,7,11-12H,3,6,9-10H2,(H,19,20). The largest absolute Gasteiger partial charge is 0.369 e. The topological polar surface area (TPSA) is 77.7 Å². The van der Waals surface area contributed by atoms with E-state index >= 15 is 0 Å². The minimum absolute atomic E-state index is 0.503. The first-order chi connectivity index (χ1) is 11.8. The Balaban J connectivity index is 1.44. The number of nitriles is 1. The Hall–Kier alpha value is -2.72. The van der Waals surface area contributed by atoms with Crippen LogP contribution in [0.4, 0.5) is 11.6 Å². The highest BCUT2D eigenvalue weighted by Crippen LogP contribution is 2.31. The van der Waals surface area contributed by atoms with Crippen LogP contribution in [-0.2, 0) is 0 Å². The second-order valence-corrected chi connectivity index (χ2v) is 6.74. The molecule has 0 amide bonds. The van der Waals surface area contributed by atoms with Crippen LogP contribution < -0.4 is 10.2 Å². The van der Waals surface area contributed by atoms with E-state index in [1.54, 1.807) is 36.0 Å². The van der Waals surface area contributed by atoms with Crippen molar-refractivity contribution in [1.82, 2.24) is 15.0 Å². The van der Waals surface area contributed by atoms with Gasteiger partial charge in [-0.15, -0.1) is 11.3 Å². The number of hydrogen-bond acceptors (Lipinski definition) is 7. The first-order valence-electron chi connectivity index (χ1n) is 7.87. The molecule has 120 valence electrons. The lowest BCUT2D eigenvalue weighted by molar-refractivity contribution is 0.621. The van der Waals surface area contributed by atoms with E-state index in [0.29, 0.717) is 17.3 Å². The minimum Gasteiger partial charge on any atom is -0.369 e. The van der Waals surface area contributed by atoms with Gasteiger partial charge in [-0.2, -0.15) is 5.26 Å². The van der Waals surface area contributed by atoms with Crippen LogP contribution in [0.15, 0.2) is 36.1 Å². The lowest BCUT2D eigenvalue weighted by atomic mass is 10.1. The highest BCUT2D eigenvalue weighted by atomic mass is 32.1. The summed E-state index contributed by atoms with van der Waals surface area (Å²) in [4.78, 5) is 15.4. The predicted octanol–water partition coefficient (Wildman–Crippen LogP) is 2.90. The molecule has 7 heteroatoms. The van der Waals surface area contributed by atoms with E-state index in [1.807, 2.05) is 6.07 Å². The normalized spacial score (nSPS) is 17.1. The van der Waals surface area contributed by atoms with Crippen LogP contribution in [0, 0.1) is 17.2 Å². The summed E-state index contributed by atoms with van der Waals surface area (Å²) < 4.78 is 1.16. The number of fused-ring (bicyclic) bond motifs is 1. The van der Waals surface area contributed by atoms with Crippen LogP contribution in [0.1, 0.15) is 12.0 Å². The SMILES string of the molecule is N#Cc1cccnc1NCC1CCN(c2ncnc3ccsc23)C1. The van der Waals surface area contributed by atoms with E-state index in [-0.39, 0.29) is 0 Å². The quantitative estimate of drug-likeness (QED) is 0.789. The Morgan fingerprint density at radius 3 is 3.21 bits per heavy atom. The van der Waals surface area contributed by atoms with Gasteiger partial charge in [-0.25, -0.2) is 15.0 Å². The van der Waals surface area contributed by atoms with E-state index in [4.69, 9.17) is 5.26 Å². The van der Waals surface area contributed by atoms with Crippen molar-refractivity contribution < 1.29 is 0 Å². The molecule has 1 N–H and O–H groups in total. The average Bonchev–Trinajstić information content (AvgIpc) is 3.29. The highest BCUT2D eigenvalue weighted by Gasteiger charge is 2.25. The molecule has 24 heavy (non-hydrogen) atoms. The highest BCUT2D eigenvalue weighted by molar-refractivity contribution is 7.17. The van der Waals surface area contributed by atoms with Crippen LogP contribution in [0.2, 0.25) is 0 Å². The first-order valence-corrected chi connectivity index (χ1v) is 8.75. The fraction of sp³-hybridized carbons (Fsp3) is 0.294. The molecule has 1 aliphatic rings. The lowest BCUT2D eigenvalue weighted by Crippen LogP contribution is -2.23. The number of pyridine rings is 1. The molecule has 0 bridgehead atoms. The van der Waals surface area contributed by atoms with Gasteiger partial charge in [0.05, 0.1) is 15.8 Å². The van der Waals surface area contributed by atoms with E-state index in [9.17, 15) is 0 Å². The van der Waals surface area contributed by atoms with E-state index < -0.39 is 0 Å². The van der Waals surface area contributed by atoms with Crippen LogP contribution in [-0.4, -0.2) is 34.6 Å². The summed E-state index contributed by atoms with van der Waals surface area (Å²) in [5.41, 5.74) is 1.60. The Kier molecular flexibility index (Phi) is 3.97. The number of nitrogens with zero attached hydrogens (tertiary/aromatic N) is 5. The molecular weight excluding hydrogens is 320 g/mol. The van der Waals surface area contributed by atoms with Gasteiger partial charge in [-0.05, 0) is 35.9 Å². The lowest BCUT2D eigenvalue weighted by Gasteiger charge is -2.18. The van der Waals surface area contributed by atoms with Crippen LogP contribution in [0.3, 0.4) is 0 Å². The van der Waals surface area contributed by atoms with Gasteiger partial charge in [0.1, 0.15) is 24.0 Å². The van der Waals surface area contributed by atoms with Gasteiger partial charge in [-0.1, -0.05) is 0 Å². The summed E-state index contributed by atoms with van der Waals surface area (Å²) >= 11 is 1.69. The molecule has 4 rings (SSSR count). The number of rotatable bonds is 4. The van der Waals surface area contributed by atoms with Gasteiger partial charge in [0.2, 0.25) is 0 Å². The van der Waals surface area contributed by atoms with Gasteiger partial charge in [-0.3, -0.25) is 0 Å². The molecule has 0 saturated carbocycles. The van der Waals surface area contributed by atoms with Gasteiger partial charge in [0.25, 0.3) is 0 Å². The molecule has 1 atom stereocenters. The van der Waals surface area contributed by atoms with Crippen molar-refractivity contribution in [3.05, 3.63) is 41.7 Å². The molecule has 6 nitrogen and oxygen atoms in total. The average molecular weight is 336 g/mol. The Bertz CT molecular complexity index is 899. The fourth-order valence-electron chi connectivity index (χ4n) is 3.07. The molecule has 0 radical (unpaired) electrons. The zero-order valence-corrected chi connectivity index (χ0v) is 13.8. The second-order valence-electron chi connectivity index (χ2n) is 5.83. The smallest absolute Gasteiger partial charge is 0.150 e. The molecule has 0 spiro atoms. The van der Waals surface area contributed by atoms with E-state index in [2.05, 4.69) is 36.6 Å². The Morgan fingerprint density at radius 2 is 2.29 bits per heavy atom. The van der Waals surface area contributed by atoms with Crippen molar-refractivity contribution in [1.29, 1.82) is 5.26 Å². The third-order valence-electron chi connectivity index (χ3n) is 4.30. The van der Waals surface area contributed by atoms with E-state index in [1.165, 1.54) is 0 Å². The molecule has 1 saturated heterocycles. The molecule has 0 aliphatic carbocycles. The molecular formula is C17H16N6S. The van der Waals surface area contributed by atoms with Crippen molar-refractivity contribution in [3.63, 3.8) is 0 Å². The van der Waals surface area contributed by atoms with Gasteiger partial charge in [0, 0.05) is 25.8 Å². The van der Waals surface area contributed by atoms with Gasteiger partial charge in [0.15, 0.2) is 0 Å². The predicted molar refractivity (Wildman–Crippen MR) is 95.2 cm³/mol. The summed E-state index contributed by atoms with van der Waals surface area (Å²) in [5, 5.41) is 14.5. The number of thiophene rings is 1. The fourth-order valence-corrected chi connectivity index (χ4v) is 3.93. The van der Waals surface area contributed by atoms with Gasteiger partial charge < -0.3 is 10.2 Å². The number of hydrogen-bond donors (Lipinski definition) is 1. The van der Waals surface area contributed by atoms with Crippen LogP contribution >= 0.6 is 11.3 Å². The van der Waals surface area contributed by atoms with E-state index in [0.717, 1.165) is 42.1 Å². The number of nitrogens with one attached hydrogen (secondary N) is 1. The molecule has 4 heterocycles. The number of anilines is 2. The van der Waals surface area contributed by atoms with Crippen molar-refractivity contribution in [2.45, 2.75) is 6.42 Å². The summed E-state index contributed by atoms with van der Waals surface area (Å²) in [7, 11) is 0. The summed E-state index contributed by atoms with van der Waals surface area (Å²) in [6.45, 7) is 2.75. The summed E-state index contributed by atoms with van der Waals surface area (Å²) in [5.74, 6) is 2.21. The van der Waals surface area contributed by atoms with Crippen molar-refractivity contribution in [3.8, 4) is 6.07 Å². The second kappa shape index (κ2) is 6.42. The van der Waals surface area contributed by atoms with Crippen molar-refractivity contribution in [2.75, 3.05) is 29.9 Å². The maximum Gasteiger partial charge on any atom is 0.150 e. The third kappa shape index (κ3) is 2.76. The summed E-state index contributed by atoms with van der Waals surface area (Å²) in [6, 6.07) is 7.77. The first kappa shape index (κ1) is 14.8. The molecule has 1 aliphatic heterocycles.